The smallest absolute Gasteiger partial charge is 0.251 e. The van der Waals surface area contributed by atoms with E-state index in [1.165, 1.54) is 12.1 Å². The van der Waals surface area contributed by atoms with Gasteiger partial charge in [-0.2, -0.15) is 0 Å². The lowest BCUT2D eigenvalue weighted by atomic mass is 10.1. The van der Waals surface area contributed by atoms with Crippen LogP contribution in [-0.4, -0.2) is 11.0 Å². The number of carbonyl (C=O) groups excluding carboxylic acids is 1. The highest BCUT2D eigenvalue weighted by Gasteiger charge is 2.11. The molecule has 4 nitrogen and oxygen atoms in total. The Labute approximate surface area is 126 Å². The van der Waals surface area contributed by atoms with E-state index in [2.05, 4.69) is 5.32 Å². The van der Waals surface area contributed by atoms with Crippen LogP contribution in [0.1, 0.15) is 15.9 Å². The van der Waals surface area contributed by atoms with E-state index in [0.717, 1.165) is 5.56 Å². The number of nitrogen functional groups attached to an aromatic ring is 1. The summed E-state index contributed by atoms with van der Waals surface area (Å²) in [4.78, 5) is 12.0. The van der Waals surface area contributed by atoms with E-state index >= 15 is 0 Å². The number of phenolic OH excluding ortho intramolecular Hbond substituents is 1. The number of phenols is 1. The Balaban J connectivity index is 2.07. The predicted octanol–water partition coefficient (Wildman–Crippen LogP) is 3.21. The molecule has 104 valence electrons. The van der Waals surface area contributed by atoms with Gasteiger partial charge in [-0.15, -0.1) is 0 Å². The van der Waals surface area contributed by atoms with Gasteiger partial charge in [-0.25, -0.2) is 0 Å². The van der Waals surface area contributed by atoms with Gasteiger partial charge in [0.1, 0.15) is 5.75 Å². The summed E-state index contributed by atoms with van der Waals surface area (Å²) in [6, 6.07) is 9.48. The molecule has 0 bridgehead atoms. The fourth-order valence-corrected chi connectivity index (χ4v) is 2.10. The van der Waals surface area contributed by atoms with Crippen molar-refractivity contribution < 1.29 is 9.90 Å². The number of nitrogens with two attached hydrogens (primary N) is 1. The van der Waals surface area contributed by atoms with Gasteiger partial charge >= 0.3 is 0 Å². The monoisotopic (exact) mass is 310 g/mol. The number of rotatable bonds is 3. The third-order valence-corrected chi connectivity index (χ3v) is 3.36. The molecular formula is C14H12Cl2N2O2. The highest BCUT2D eigenvalue weighted by molar-refractivity contribution is 6.39. The molecular weight excluding hydrogens is 299 g/mol. The van der Waals surface area contributed by atoms with Crippen molar-refractivity contribution in [3.63, 3.8) is 0 Å². The highest BCUT2D eigenvalue weighted by atomic mass is 35.5. The normalized spacial score (nSPS) is 10.3. The number of halogens is 2. The molecule has 0 saturated carbocycles. The number of anilines is 1. The van der Waals surface area contributed by atoms with Crippen LogP contribution < -0.4 is 11.1 Å². The van der Waals surface area contributed by atoms with Crippen LogP contribution in [0, 0.1) is 0 Å². The van der Waals surface area contributed by atoms with E-state index in [4.69, 9.17) is 28.9 Å². The molecule has 20 heavy (non-hydrogen) atoms. The molecule has 0 spiro atoms. The fraction of sp³-hybridized carbons (Fsp3) is 0.0714. The second-order valence-electron chi connectivity index (χ2n) is 4.20. The van der Waals surface area contributed by atoms with Crippen molar-refractivity contribution in [1.82, 2.24) is 5.32 Å². The van der Waals surface area contributed by atoms with E-state index in [1.54, 1.807) is 24.3 Å². The van der Waals surface area contributed by atoms with E-state index < -0.39 is 0 Å². The van der Waals surface area contributed by atoms with Gasteiger partial charge < -0.3 is 16.2 Å². The van der Waals surface area contributed by atoms with Crippen molar-refractivity contribution in [3.8, 4) is 5.75 Å². The van der Waals surface area contributed by atoms with Gasteiger partial charge in [0.2, 0.25) is 0 Å². The average Bonchev–Trinajstić information content (AvgIpc) is 2.43. The number of aromatic hydroxyl groups is 1. The molecule has 6 heteroatoms. The Kier molecular flexibility index (Phi) is 4.37. The molecule has 0 aliphatic rings. The van der Waals surface area contributed by atoms with Crippen molar-refractivity contribution >= 4 is 34.8 Å². The number of hydrogen-bond donors (Lipinski definition) is 3. The second kappa shape index (κ2) is 6.03. The van der Waals surface area contributed by atoms with Crippen molar-refractivity contribution in [2.45, 2.75) is 6.54 Å². The molecule has 0 aliphatic heterocycles. The molecule has 1 amide bonds. The molecule has 0 fully saturated rings. The second-order valence-corrected chi connectivity index (χ2v) is 5.02. The van der Waals surface area contributed by atoms with Crippen LogP contribution in [0.3, 0.4) is 0 Å². The predicted molar refractivity (Wildman–Crippen MR) is 80.2 cm³/mol. The first-order valence-corrected chi connectivity index (χ1v) is 6.53. The Morgan fingerprint density at radius 1 is 1.15 bits per heavy atom. The Hall–Kier alpha value is -1.91. The minimum atomic E-state index is -0.304. The zero-order chi connectivity index (χ0) is 14.7. The van der Waals surface area contributed by atoms with Crippen LogP contribution in [-0.2, 0) is 6.54 Å². The zero-order valence-electron chi connectivity index (χ0n) is 10.4. The summed E-state index contributed by atoms with van der Waals surface area (Å²) >= 11 is 11.8. The summed E-state index contributed by atoms with van der Waals surface area (Å²) < 4.78 is 0. The van der Waals surface area contributed by atoms with Crippen LogP contribution in [0.15, 0.2) is 36.4 Å². The van der Waals surface area contributed by atoms with Gasteiger partial charge in [0.25, 0.3) is 5.91 Å². The molecule has 0 aromatic heterocycles. The molecule has 2 aromatic rings. The van der Waals surface area contributed by atoms with Gasteiger partial charge in [-0.1, -0.05) is 35.3 Å². The maximum absolute atomic E-state index is 12.0. The molecule has 0 heterocycles. The molecule has 0 unspecified atom stereocenters. The van der Waals surface area contributed by atoms with Crippen molar-refractivity contribution in [3.05, 3.63) is 57.6 Å². The molecule has 0 aliphatic carbocycles. The number of benzene rings is 2. The maximum Gasteiger partial charge on any atom is 0.251 e. The van der Waals surface area contributed by atoms with E-state index in [0.29, 0.717) is 12.1 Å². The lowest BCUT2D eigenvalue weighted by Gasteiger charge is -2.08. The Morgan fingerprint density at radius 3 is 2.25 bits per heavy atom. The van der Waals surface area contributed by atoms with Crippen molar-refractivity contribution in [2.75, 3.05) is 5.73 Å². The number of carbonyl (C=O) groups is 1. The number of hydrogen-bond acceptors (Lipinski definition) is 3. The van der Waals surface area contributed by atoms with E-state index in [-0.39, 0.29) is 27.4 Å². The summed E-state index contributed by atoms with van der Waals surface area (Å²) in [7, 11) is 0. The van der Waals surface area contributed by atoms with Gasteiger partial charge in [0.15, 0.2) is 0 Å². The first-order valence-electron chi connectivity index (χ1n) is 5.78. The molecule has 0 radical (unpaired) electrons. The lowest BCUT2D eigenvalue weighted by Crippen LogP contribution is -2.22. The van der Waals surface area contributed by atoms with Crippen LogP contribution in [0.25, 0.3) is 0 Å². The van der Waals surface area contributed by atoms with Crippen LogP contribution >= 0.6 is 23.2 Å². The third kappa shape index (κ3) is 3.35. The molecule has 4 N–H and O–H groups in total. The largest absolute Gasteiger partial charge is 0.508 e. The minimum Gasteiger partial charge on any atom is -0.508 e. The first kappa shape index (κ1) is 14.5. The fourth-order valence-electron chi connectivity index (χ4n) is 1.61. The first-order chi connectivity index (χ1) is 9.47. The van der Waals surface area contributed by atoms with Gasteiger partial charge in [0.05, 0.1) is 15.7 Å². The van der Waals surface area contributed by atoms with Gasteiger partial charge in [0, 0.05) is 12.1 Å². The Morgan fingerprint density at radius 2 is 1.70 bits per heavy atom. The molecule has 2 rings (SSSR count). The van der Waals surface area contributed by atoms with Crippen molar-refractivity contribution in [2.24, 2.45) is 0 Å². The SMILES string of the molecule is Nc1c(Cl)cc(C(=O)NCc2ccc(O)cc2)cc1Cl. The standard InChI is InChI=1S/C14H12Cl2N2O2/c15-11-5-9(6-12(16)13(11)17)14(20)18-7-8-1-3-10(19)4-2-8/h1-6,19H,7,17H2,(H,18,20). The summed E-state index contributed by atoms with van der Waals surface area (Å²) in [5, 5.41) is 12.4. The molecule has 0 saturated heterocycles. The van der Waals surface area contributed by atoms with Crippen LogP contribution in [0.5, 0.6) is 5.75 Å². The number of amides is 1. The van der Waals surface area contributed by atoms with Crippen LogP contribution in [0.4, 0.5) is 5.69 Å². The van der Waals surface area contributed by atoms with Gasteiger partial charge in [-0.05, 0) is 29.8 Å². The minimum absolute atomic E-state index is 0.178. The molecule has 0 atom stereocenters. The van der Waals surface area contributed by atoms with Crippen molar-refractivity contribution in [1.29, 1.82) is 0 Å². The maximum atomic E-state index is 12.0. The van der Waals surface area contributed by atoms with E-state index in [9.17, 15) is 9.90 Å². The lowest BCUT2D eigenvalue weighted by molar-refractivity contribution is 0.0951. The summed E-state index contributed by atoms with van der Waals surface area (Å²) in [5.74, 6) is -0.126. The zero-order valence-corrected chi connectivity index (χ0v) is 11.9. The molecule has 2 aromatic carbocycles. The van der Waals surface area contributed by atoms with E-state index in [1.807, 2.05) is 0 Å². The van der Waals surface area contributed by atoms with Gasteiger partial charge in [-0.3, -0.25) is 4.79 Å². The number of nitrogens with one attached hydrogen (secondary N) is 1. The Bertz CT molecular complexity index is 619. The quantitative estimate of drug-likeness (QED) is 0.762. The highest BCUT2D eigenvalue weighted by Crippen LogP contribution is 2.28. The summed E-state index contributed by atoms with van der Waals surface area (Å²) in [6.07, 6.45) is 0. The average molecular weight is 311 g/mol. The summed E-state index contributed by atoms with van der Waals surface area (Å²) in [5.41, 5.74) is 7.07. The van der Waals surface area contributed by atoms with Crippen LogP contribution in [0.2, 0.25) is 10.0 Å². The third-order valence-electron chi connectivity index (χ3n) is 2.73. The summed E-state index contributed by atoms with van der Waals surface area (Å²) in [6.45, 7) is 0.332. The topological polar surface area (TPSA) is 75.4 Å².